The van der Waals surface area contributed by atoms with E-state index in [9.17, 15) is 4.79 Å². The first-order valence-electron chi connectivity index (χ1n) is 4.62. The molecule has 84 valence electrons. The fourth-order valence-electron chi connectivity index (χ4n) is 1.33. The van der Waals surface area contributed by atoms with Crippen molar-refractivity contribution in [3.05, 3.63) is 43.0 Å². The molecule has 0 saturated carbocycles. The van der Waals surface area contributed by atoms with Gasteiger partial charge in [0.05, 0.1) is 6.33 Å². The average molecular weight is 238 g/mol. The third-order valence-electron chi connectivity index (χ3n) is 1.99. The highest BCUT2D eigenvalue weighted by Gasteiger charge is 1.97. The van der Waals surface area contributed by atoms with E-state index in [-0.39, 0.29) is 18.3 Å². The quantitative estimate of drug-likeness (QED) is 0.871. The Kier molecular flexibility index (Phi) is 4.08. The Labute approximate surface area is 99.7 Å². The number of amides is 1. The van der Waals surface area contributed by atoms with Gasteiger partial charge in [0, 0.05) is 30.7 Å². The molecule has 4 nitrogen and oxygen atoms in total. The van der Waals surface area contributed by atoms with Gasteiger partial charge in [0.15, 0.2) is 0 Å². The molecule has 2 aromatic rings. The Balaban J connectivity index is 0.00000128. The number of imidazole rings is 1. The first-order valence-corrected chi connectivity index (χ1v) is 4.62. The lowest BCUT2D eigenvalue weighted by atomic mass is 10.3. The van der Waals surface area contributed by atoms with Gasteiger partial charge in [0.25, 0.3) is 0 Å². The summed E-state index contributed by atoms with van der Waals surface area (Å²) >= 11 is 0. The van der Waals surface area contributed by atoms with E-state index in [1.54, 1.807) is 12.5 Å². The van der Waals surface area contributed by atoms with Crippen LogP contribution >= 0.6 is 12.4 Å². The van der Waals surface area contributed by atoms with Gasteiger partial charge in [0.1, 0.15) is 0 Å². The summed E-state index contributed by atoms with van der Waals surface area (Å²) in [5.74, 6) is -0.0645. The zero-order valence-electron chi connectivity index (χ0n) is 8.75. The van der Waals surface area contributed by atoms with Crippen molar-refractivity contribution in [3.63, 3.8) is 0 Å². The van der Waals surface area contributed by atoms with Gasteiger partial charge >= 0.3 is 0 Å². The summed E-state index contributed by atoms with van der Waals surface area (Å²) in [6.45, 7) is 1.49. The van der Waals surface area contributed by atoms with Gasteiger partial charge in [-0.1, -0.05) is 0 Å². The molecule has 0 saturated heterocycles. The number of hydrogen-bond donors (Lipinski definition) is 1. The summed E-state index contributed by atoms with van der Waals surface area (Å²) in [5, 5.41) is 2.71. The molecule has 0 unspecified atom stereocenters. The van der Waals surface area contributed by atoms with Gasteiger partial charge in [-0.25, -0.2) is 4.98 Å². The summed E-state index contributed by atoms with van der Waals surface area (Å²) in [6, 6.07) is 7.56. The maximum Gasteiger partial charge on any atom is 0.221 e. The number of carbonyl (C=O) groups excluding carboxylic acids is 1. The first kappa shape index (κ1) is 12.3. The van der Waals surface area contributed by atoms with Crippen LogP contribution in [0.15, 0.2) is 43.0 Å². The lowest BCUT2D eigenvalue weighted by Gasteiger charge is -2.04. The summed E-state index contributed by atoms with van der Waals surface area (Å²) in [7, 11) is 0. The van der Waals surface area contributed by atoms with E-state index in [0.717, 1.165) is 11.4 Å². The minimum Gasteiger partial charge on any atom is -0.326 e. The number of rotatable bonds is 2. The zero-order chi connectivity index (χ0) is 10.7. The Morgan fingerprint density at radius 3 is 2.50 bits per heavy atom. The molecule has 0 aliphatic heterocycles. The fourth-order valence-corrected chi connectivity index (χ4v) is 1.33. The molecular formula is C11H12ClN3O. The number of nitrogens with one attached hydrogen (secondary N) is 1. The number of aromatic nitrogens is 2. The Hall–Kier alpha value is -1.81. The third kappa shape index (κ3) is 2.84. The van der Waals surface area contributed by atoms with Gasteiger partial charge in [-0.15, -0.1) is 12.4 Å². The van der Waals surface area contributed by atoms with Crippen LogP contribution in [0.4, 0.5) is 5.69 Å². The van der Waals surface area contributed by atoms with Gasteiger partial charge in [0.2, 0.25) is 5.91 Å². The van der Waals surface area contributed by atoms with E-state index in [1.807, 2.05) is 35.0 Å². The summed E-state index contributed by atoms with van der Waals surface area (Å²) in [5.41, 5.74) is 1.81. The number of benzene rings is 1. The van der Waals surface area contributed by atoms with Crippen molar-refractivity contribution < 1.29 is 4.79 Å². The first-order chi connectivity index (χ1) is 7.25. The Morgan fingerprint density at radius 2 is 2.00 bits per heavy atom. The van der Waals surface area contributed by atoms with Crippen LogP contribution in [0, 0.1) is 0 Å². The highest BCUT2D eigenvalue weighted by atomic mass is 35.5. The standard InChI is InChI=1S/C11H11N3O.ClH/c1-9(15)13-10-2-4-11(5-3-10)14-7-6-12-8-14;/h2-8H,1H3,(H,13,15);1H. The Morgan fingerprint density at radius 1 is 1.31 bits per heavy atom. The van der Waals surface area contributed by atoms with E-state index in [1.165, 1.54) is 6.92 Å². The highest BCUT2D eigenvalue weighted by molar-refractivity contribution is 5.88. The van der Waals surface area contributed by atoms with Crippen molar-refractivity contribution in [2.24, 2.45) is 0 Å². The number of carbonyl (C=O) groups is 1. The molecule has 0 radical (unpaired) electrons. The monoisotopic (exact) mass is 237 g/mol. The summed E-state index contributed by atoms with van der Waals surface area (Å²) < 4.78 is 1.90. The molecular weight excluding hydrogens is 226 g/mol. The maximum atomic E-state index is 10.8. The van der Waals surface area contributed by atoms with Gasteiger partial charge in [-0.3, -0.25) is 4.79 Å². The zero-order valence-corrected chi connectivity index (χ0v) is 9.57. The van der Waals surface area contributed by atoms with Crippen LogP contribution < -0.4 is 5.32 Å². The summed E-state index contributed by atoms with van der Waals surface area (Å²) in [6.07, 6.45) is 5.32. The Bertz CT molecular complexity index is 451. The van der Waals surface area contributed by atoms with Crippen LogP contribution in [-0.2, 0) is 4.79 Å². The van der Waals surface area contributed by atoms with Crippen molar-refractivity contribution in [2.45, 2.75) is 6.92 Å². The normalized spacial score (nSPS) is 9.31. The molecule has 1 heterocycles. The molecule has 1 amide bonds. The van der Waals surface area contributed by atoms with E-state index in [0.29, 0.717) is 0 Å². The topological polar surface area (TPSA) is 46.9 Å². The van der Waals surface area contributed by atoms with Crippen LogP contribution in [-0.4, -0.2) is 15.5 Å². The van der Waals surface area contributed by atoms with Crippen LogP contribution in [0.5, 0.6) is 0 Å². The molecule has 1 aromatic heterocycles. The smallest absolute Gasteiger partial charge is 0.221 e. The van der Waals surface area contributed by atoms with E-state index in [2.05, 4.69) is 10.3 Å². The van der Waals surface area contributed by atoms with E-state index < -0.39 is 0 Å². The third-order valence-corrected chi connectivity index (χ3v) is 1.99. The molecule has 0 aliphatic carbocycles. The SMILES string of the molecule is CC(=O)Nc1ccc(-n2ccnc2)cc1.Cl. The van der Waals surface area contributed by atoms with Crippen LogP contribution in [0.25, 0.3) is 5.69 Å². The minimum absolute atomic E-state index is 0. The molecule has 0 atom stereocenters. The molecule has 1 aromatic carbocycles. The molecule has 0 aliphatic rings. The average Bonchev–Trinajstić information content (AvgIpc) is 2.71. The van der Waals surface area contributed by atoms with Crippen LogP contribution in [0.1, 0.15) is 6.92 Å². The van der Waals surface area contributed by atoms with Crippen molar-refractivity contribution in [3.8, 4) is 5.69 Å². The second-order valence-electron chi connectivity index (χ2n) is 3.20. The van der Waals surface area contributed by atoms with Crippen LogP contribution in [0.3, 0.4) is 0 Å². The fraction of sp³-hybridized carbons (Fsp3) is 0.0909. The molecule has 0 fully saturated rings. The molecule has 5 heteroatoms. The predicted molar refractivity (Wildman–Crippen MR) is 65.1 cm³/mol. The second kappa shape index (κ2) is 5.32. The maximum absolute atomic E-state index is 10.8. The van der Waals surface area contributed by atoms with E-state index in [4.69, 9.17) is 0 Å². The molecule has 16 heavy (non-hydrogen) atoms. The van der Waals surface area contributed by atoms with Crippen LogP contribution in [0.2, 0.25) is 0 Å². The van der Waals surface area contributed by atoms with Crippen molar-refractivity contribution in [1.29, 1.82) is 0 Å². The number of halogens is 1. The predicted octanol–water partition coefficient (Wildman–Crippen LogP) is 2.25. The second-order valence-corrected chi connectivity index (χ2v) is 3.20. The largest absolute Gasteiger partial charge is 0.326 e. The number of hydrogen-bond acceptors (Lipinski definition) is 2. The van der Waals surface area contributed by atoms with Gasteiger partial charge in [-0.2, -0.15) is 0 Å². The van der Waals surface area contributed by atoms with Gasteiger partial charge < -0.3 is 9.88 Å². The lowest BCUT2D eigenvalue weighted by molar-refractivity contribution is -0.114. The minimum atomic E-state index is -0.0645. The van der Waals surface area contributed by atoms with Gasteiger partial charge in [-0.05, 0) is 24.3 Å². The molecule has 0 bridgehead atoms. The summed E-state index contributed by atoms with van der Waals surface area (Å²) in [4.78, 5) is 14.8. The van der Waals surface area contributed by atoms with E-state index >= 15 is 0 Å². The molecule has 1 N–H and O–H groups in total. The number of nitrogens with zero attached hydrogens (tertiary/aromatic N) is 2. The van der Waals surface area contributed by atoms with Crippen molar-refractivity contribution in [1.82, 2.24) is 9.55 Å². The van der Waals surface area contributed by atoms with Crippen molar-refractivity contribution in [2.75, 3.05) is 5.32 Å². The molecule has 0 spiro atoms. The number of anilines is 1. The lowest BCUT2D eigenvalue weighted by Crippen LogP contribution is -2.05. The van der Waals surface area contributed by atoms with Crippen molar-refractivity contribution >= 4 is 24.0 Å². The molecule has 2 rings (SSSR count). The highest BCUT2D eigenvalue weighted by Crippen LogP contribution is 2.12.